The minimum absolute atomic E-state index is 0.423. The molecule has 0 saturated carbocycles. The van der Waals surface area contributed by atoms with Gasteiger partial charge in [0, 0.05) is 36.7 Å². The van der Waals surface area contributed by atoms with Crippen LogP contribution in [0.5, 0.6) is 0 Å². The first kappa shape index (κ1) is 16.2. The lowest BCUT2D eigenvalue weighted by Crippen LogP contribution is -2.36. The maximum atomic E-state index is 10.3. The van der Waals surface area contributed by atoms with Gasteiger partial charge in [0.05, 0.1) is 6.10 Å². The van der Waals surface area contributed by atoms with Crippen molar-refractivity contribution < 1.29 is 5.11 Å². The van der Waals surface area contributed by atoms with Gasteiger partial charge in [0.2, 0.25) is 5.95 Å². The summed E-state index contributed by atoms with van der Waals surface area (Å²) in [7, 11) is 0. The number of aliphatic hydroxyl groups is 1. The Kier molecular flexibility index (Phi) is 5.72. The Labute approximate surface area is 132 Å². The second kappa shape index (κ2) is 7.75. The van der Waals surface area contributed by atoms with Crippen LogP contribution in [0, 0.1) is 13.8 Å². The molecule has 0 bridgehead atoms. The highest BCUT2D eigenvalue weighted by Crippen LogP contribution is 2.13. The summed E-state index contributed by atoms with van der Waals surface area (Å²) in [6.45, 7) is 7.79. The van der Waals surface area contributed by atoms with E-state index in [4.69, 9.17) is 0 Å². The van der Waals surface area contributed by atoms with E-state index in [1.54, 1.807) is 0 Å². The fraction of sp³-hybridized carbons (Fsp3) is 0.412. The van der Waals surface area contributed by atoms with E-state index in [0.29, 0.717) is 19.0 Å². The minimum atomic E-state index is -0.496. The number of aliphatic hydroxyl groups excluding tert-OH is 1. The molecular weight excluding hydrogens is 276 g/mol. The molecular formula is C17H24N4O. The van der Waals surface area contributed by atoms with Gasteiger partial charge in [0.25, 0.3) is 0 Å². The summed E-state index contributed by atoms with van der Waals surface area (Å²) >= 11 is 0. The first-order chi connectivity index (χ1) is 10.6. The van der Waals surface area contributed by atoms with Crippen molar-refractivity contribution in [1.82, 2.24) is 9.97 Å². The third kappa shape index (κ3) is 4.70. The van der Waals surface area contributed by atoms with Crippen molar-refractivity contribution >= 4 is 11.6 Å². The number of nitrogens with zero attached hydrogens (tertiary/aromatic N) is 3. The summed E-state index contributed by atoms with van der Waals surface area (Å²) in [6.07, 6.45) is -0.496. The van der Waals surface area contributed by atoms with Crippen LogP contribution >= 0.6 is 0 Å². The number of likely N-dealkylation sites (N-methyl/N-ethyl adjacent to an activating group) is 1. The molecule has 0 amide bonds. The van der Waals surface area contributed by atoms with Crippen LogP contribution in [0.15, 0.2) is 36.4 Å². The number of para-hydroxylation sites is 1. The molecule has 118 valence electrons. The first-order valence-corrected chi connectivity index (χ1v) is 7.62. The van der Waals surface area contributed by atoms with E-state index < -0.39 is 6.10 Å². The van der Waals surface area contributed by atoms with E-state index in [0.717, 1.165) is 23.6 Å². The van der Waals surface area contributed by atoms with Crippen molar-refractivity contribution in [2.45, 2.75) is 26.9 Å². The molecule has 1 heterocycles. The maximum Gasteiger partial charge on any atom is 0.223 e. The summed E-state index contributed by atoms with van der Waals surface area (Å²) in [5.41, 5.74) is 2.96. The van der Waals surface area contributed by atoms with E-state index in [9.17, 15) is 5.11 Å². The molecule has 1 aromatic heterocycles. The van der Waals surface area contributed by atoms with E-state index in [1.807, 2.05) is 38.1 Å². The van der Waals surface area contributed by atoms with Crippen LogP contribution in [0.2, 0.25) is 0 Å². The number of aromatic nitrogens is 2. The highest BCUT2D eigenvalue weighted by molar-refractivity contribution is 5.46. The quantitative estimate of drug-likeness (QED) is 0.822. The van der Waals surface area contributed by atoms with E-state index in [1.165, 1.54) is 0 Å². The molecule has 1 atom stereocenters. The molecule has 2 N–H and O–H groups in total. The Bertz CT molecular complexity index is 568. The first-order valence-electron chi connectivity index (χ1n) is 7.62. The van der Waals surface area contributed by atoms with Crippen LogP contribution in [-0.2, 0) is 0 Å². The lowest BCUT2D eigenvalue weighted by atomic mass is 10.2. The molecule has 5 nitrogen and oxygen atoms in total. The highest BCUT2D eigenvalue weighted by atomic mass is 16.3. The van der Waals surface area contributed by atoms with Gasteiger partial charge in [-0.25, -0.2) is 9.97 Å². The molecule has 0 aliphatic carbocycles. The molecule has 1 aromatic carbocycles. The molecule has 0 saturated heterocycles. The van der Waals surface area contributed by atoms with E-state index in [-0.39, 0.29) is 0 Å². The zero-order valence-electron chi connectivity index (χ0n) is 13.5. The molecule has 0 fully saturated rings. The number of rotatable bonds is 7. The zero-order chi connectivity index (χ0) is 15.9. The topological polar surface area (TPSA) is 61.3 Å². The Morgan fingerprint density at radius 3 is 2.36 bits per heavy atom. The summed E-state index contributed by atoms with van der Waals surface area (Å²) in [5.74, 6) is 0.569. The predicted molar refractivity (Wildman–Crippen MR) is 90.3 cm³/mol. The average molecular weight is 300 g/mol. The zero-order valence-corrected chi connectivity index (χ0v) is 13.5. The average Bonchev–Trinajstić information content (AvgIpc) is 2.50. The van der Waals surface area contributed by atoms with Gasteiger partial charge in [-0.3, -0.25) is 0 Å². The maximum absolute atomic E-state index is 10.3. The number of aryl methyl sites for hydroxylation is 2. The standard InChI is InChI=1S/C17H24N4O/c1-4-21(15-8-6-5-7-9-15)12-16(22)11-18-17-19-13(2)10-14(3)20-17/h5-10,16,22H,4,11-12H2,1-3H3,(H,18,19,20). The predicted octanol–water partition coefficient (Wildman–Crippen LogP) is 2.39. The van der Waals surface area contributed by atoms with Gasteiger partial charge in [0.1, 0.15) is 0 Å². The molecule has 0 aliphatic heterocycles. The molecule has 0 spiro atoms. The van der Waals surface area contributed by atoms with Gasteiger partial charge in [-0.05, 0) is 39.0 Å². The molecule has 2 rings (SSSR count). The number of benzene rings is 1. The molecule has 0 aliphatic rings. The van der Waals surface area contributed by atoms with E-state index in [2.05, 4.69) is 39.2 Å². The summed E-state index contributed by atoms with van der Waals surface area (Å²) in [6, 6.07) is 12.0. The van der Waals surface area contributed by atoms with Crippen LogP contribution in [0.4, 0.5) is 11.6 Å². The number of anilines is 2. The fourth-order valence-corrected chi connectivity index (χ4v) is 2.39. The van der Waals surface area contributed by atoms with Crippen molar-refractivity contribution in [2.24, 2.45) is 0 Å². The van der Waals surface area contributed by atoms with Crippen molar-refractivity contribution in [3.8, 4) is 0 Å². The smallest absolute Gasteiger partial charge is 0.223 e. The third-order valence-electron chi connectivity index (χ3n) is 3.41. The number of hydrogen-bond acceptors (Lipinski definition) is 5. The third-order valence-corrected chi connectivity index (χ3v) is 3.41. The van der Waals surface area contributed by atoms with Crippen LogP contribution in [0.1, 0.15) is 18.3 Å². The molecule has 0 radical (unpaired) electrons. The van der Waals surface area contributed by atoms with Crippen LogP contribution in [0.3, 0.4) is 0 Å². The SMILES string of the molecule is CCN(CC(O)CNc1nc(C)cc(C)n1)c1ccccc1. The monoisotopic (exact) mass is 300 g/mol. The largest absolute Gasteiger partial charge is 0.389 e. The molecule has 5 heteroatoms. The summed E-state index contributed by atoms with van der Waals surface area (Å²) in [4.78, 5) is 10.8. The highest BCUT2D eigenvalue weighted by Gasteiger charge is 2.11. The Morgan fingerprint density at radius 1 is 1.14 bits per heavy atom. The van der Waals surface area contributed by atoms with Crippen molar-refractivity contribution in [2.75, 3.05) is 29.9 Å². The number of hydrogen-bond donors (Lipinski definition) is 2. The Hall–Kier alpha value is -2.14. The molecule has 2 aromatic rings. The van der Waals surface area contributed by atoms with Crippen molar-refractivity contribution in [1.29, 1.82) is 0 Å². The van der Waals surface area contributed by atoms with Gasteiger partial charge in [-0.1, -0.05) is 18.2 Å². The minimum Gasteiger partial charge on any atom is -0.389 e. The van der Waals surface area contributed by atoms with E-state index >= 15 is 0 Å². The van der Waals surface area contributed by atoms with Gasteiger partial charge in [0.15, 0.2) is 0 Å². The summed E-state index contributed by atoms with van der Waals surface area (Å²) < 4.78 is 0. The summed E-state index contributed by atoms with van der Waals surface area (Å²) in [5, 5.41) is 13.4. The molecule has 22 heavy (non-hydrogen) atoms. The lowest BCUT2D eigenvalue weighted by molar-refractivity contribution is 0.193. The Morgan fingerprint density at radius 2 is 1.77 bits per heavy atom. The van der Waals surface area contributed by atoms with Gasteiger partial charge >= 0.3 is 0 Å². The normalized spacial score (nSPS) is 12.0. The van der Waals surface area contributed by atoms with Gasteiger partial charge in [-0.15, -0.1) is 0 Å². The van der Waals surface area contributed by atoms with Crippen molar-refractivity contribution in [3.05, 3.63) is 47.8 Å². The second-order valence-corrected chi connectivity index (χ2v) is 5.38. The van der Waals surface area contributed by atoms with Crippen molar-refractivity contribution in [3.63, 3.8) is 0 Å². The van der Waals surface area contributed by atoms with Crippen LogP contribution in [0.25, 0.3) is 0 Å². The Balaban J connectivity index is 1.90. The van der Waals surface area contributed by atoms with Crippen LogP contribution in [-0.4, -0.2) is 40.8 Å². The second-order valence-electron chi connectivity index (χ2n) is 5.38. The number of nitrogens with one attached hydrogen (secondary N) is 1. The van der Waals surface area contributed by atoms with Crippen LogP contribution < -0.4 is 10.2 Å². The van der Waals surface area contributed by atoms with Gasteiger partial charge in [-0.2, -0.15) is 0 Å². The lowest BCUT2D eigenvalue weighted by Gasteiger charge is -2.26. The molecule has 1 unspecified atom stereocenters. The van der Waals surface area contributed by atoms with Gasteiger partial charge < -0.3 is 15.3 Å². The fourth-order valence-electron chi connectivity index (χ4n) is 2.39.